The van der Waals surface area contributed by atoms with Gasteiger partial charge < -0.3 is 10.1 Å². The molecule has 1 amide bonds. The predicted octanol–water partition coefficient (Wildman–Crippen LogP) is 4.00. The van der Waals surface area contributed by atoms with Gasteiger partial charge in [0.05, 0.1) is 0 Å². The minimum atomic E-state index is -4.76. The lowest BCUT2D eigenvalue weighted by molar-refractivity contribution is -0.274. The SMILES string of the molecule is O=C(Nc1ccc(Br)cn1)c1ccc(OC(F)(F)F)cc1. The minimum Gasteiger partial charge on any atom is -0.406 e. The van der Waals surface area contributed by atoms with Crippen LogP contribution in [-0.4, -0.2) is 17.3 Å². The van der Waals surface area contributed by atoms with Gasteiger partial charge in [0.15, 0.2) is 0 Å². The number of carbonyl (C=O) groups excluding carboxylic acids is 1. The molecule has 0 aliphatic rings. The first-order valence-corrected chi connectivity index (χ1v) is 6.41. The first-order chi connectivity index (χ1) is 9.83. The maximum absolute atomic E-state index is 12.0. The van der Waals surface area contributed by atoms with Crippen molar-refractivity contribution in [3.63, 3.8) is 0 Å². The van der Waals surface area contributed by atoms with Crippen molar-refractivity contribution in [1.29, 1.82) is 0 Å². The number of rotatable bonds is 3. The molecule has 1 aromatic carbocycles. The molecule has 2 rings (SSSR count). The molecular formula is C13H8BrF3N2O2. The molecule has 4 nitrogen and oxygen atoms in total. The van der Waals surface area contributed by atoms with Gasteiger partial charge in [-0.3, -0.25) is 4.79 Å². The second-order valence-corrected chi connectivity index (χ2v) is 4.80. The Morgan fingerprint density at radius 1 is 1.14 bits per heavy atom. The van der Waals surface area contributed by atoms with Crippen molar-refractivity contribution < 1.29 is 22.7 Å². The summed E-state index contributed by atoms with van der Waals surface area (Å²) in [4.78, 5) is 15.8. The monoisotopic (exact) mass is 360 g/mol. The molecule has 0 atom stereocenters. The second kappa shape index (κ2) is 6.13. The predicted molar refractivity (Wildman–Crippen MR) is 73.0 cm³/mol. The Hall–Kier alpha value is -2.09. The van der Waals surface area contributed by atoms with Crippen LogP contribution >= 0.6 is 15.9 Å². The molecule has 1 N–H and O–H groups in total. The van der Waals surface area contributed by atoms with E-state index in [2.05, 4.69) is 31.0 Å². The standard InChI is InChI=1S/C13H8BrF3N2O2/c14-9-3-6-11(18-7-9)19-12(20)8-1-4-10(5-2-8)21-13(15,16)17/h1-7H,(H,18,19,20). The lowest BCUT2D eigenvalue weighted by atomic mass is 10.2. The molecule has 2 aromatic rings. The van der Waals surface area contributed by atoms with Crippen LogP contribution in [0.25, 0.3) is 0 Å². The Balaban J connectivity index is 2.04. The number of nitrogens with zero attached hydrogens (tertiary/aromatic N) is 1. The van der Waals surface area contributed by atoms with Gasteiger partial charge in [-0.25, -0.2) is 4.98 Å². The molecular weight excluding hydrogens is 353 g/mol. The zero-order chi connectivity index (χ0) is 15.5. The highest BCUT2D eigenvalue weighted by atomic mass is 79.9. The van der Waals surface area contributed by atoms with Crippen LogP contribution in [0.3, 0.4) is 0 Å². The normalized spacial score (nSPS) is 11.0. The van der Waals surface area contributed by atoms with Crippen molar-refractivity contribution in [2.24, 2.45) is 0 Å². The quantitative estimate of drug-likeness (QED) is 0.899. The fourth-order valence-electron chi connectivity index (χ4n) is 1.45. The first kappa shape index (κ1) is 15.3. The van der Waals surface area contributed by atoms with Gasteiger partial charge in [-0.2, -0.15) is 0 Å². The van der Waals surface area contributed by atoms with Crippen molar-refractivity contribution in [2.45, 2.75) is 6.36 Å². The van der Waals surface area contributed by atoms with Crippen LogP contribution < -0.4 is 10.1 Å². The Labute approximate surface area is 126 Å². The molecule has 1 heterocycles. The number of hydrogen-bond donors (Lipinski definition) is 1. The van der Waals surface area contributed by atoms with Crippen LogP contribution in [0, 0.1) is 0 Å². The number of carbonyl (C=O) groups is 1. The van der Waals surface area contributed by atoms with Crippen molar-refractivity contribution in [3.05, 3.63) is 52.6 Å². The van der Waals surface area contributed by atoms with Crippen molar-refractivity contribution >= 4 is 27.7 Å². The highest BCUT2D eigenvalue weighted by Crippen LogP contribution is 2.23. The number of benzene rings is 1. The van der Waals surface area contributed by atoms with Crippen LogP contribution in [0.2, 0.25) is 0 Å². The average Bonchev–Trinajstić information content (AvgIpc) is 2.40. The van der Waals surface area contributed by atoms with Crippen LogP contribution in [0.5, 0.6) is 5.75 Å². The Bertz CT molecular complexity index is 627. The third-order valence-electron chi connectivity index (χ3n) is 2.32. The Kier molecular flexibility index (Phi) is 4.46. The average molecular weight is 361 g/mol. The van der Waals surface area contributed by atoms with Gasteiger partial charge >= 0.3 is 6.36 Å². The maximum Gasteiger partial charge on any atom is 0.573 e. The fourth-order valence-corrected chi connectivity index (χ4v) is 1.68. The molecule has 0 saturated carbocycles. The van der Waals surface area contributed by atoms with E-state index >= 15 is 0 Å². The number of nitrogens with one attached hydrogen (secondary N) is 1. The minimum absolute atomic E-state index is 0.189. The molecule has 8 heteroatoms. The lowest BCUT2D eigenvalue weighted by Crippen LogP contribution is -2.17. The van der Waals surface area contributed by atoms with E-state index in [-0.39, 0.29) is 11.3 Å². The van der Waals surface area contributed by atoms with E-state index in [4.69, 9.17) is 0 Å². The Morgan fingerprint density at radius 3 is 2.33 bits per heavy atom. The number of anilines is 1. The summed E-state index contributed by atoms with van der Waals surface area (Å²) in [5.74, 6) is -0.539. The number of pyridine rings is 1. The molecule has 0 aliphatic carbocycles. The zero-order valence-electron chi connectivity index (χ0n) is 10.3. The highest BCUT2D eigenvalue weighted by molar-refractivity contribution is 9.10. The van der Waals surface area contributed by atoms with Crippen LogP contribution in [0.1, 0.15) is 10.4 Å². The third-order valence-corrected chi connectivity index (χ3v) is 2.79. The summed E-state index contributed by atoms with van der Waals surface area (Å²) in [6.45, 7) is 0. The number of alkyl halides is 3. The topological polar surface area (TPSA) is 51.2 Å². The van der Waals surface area contributed by atoms with E-state index in [0.29, 0.717) is 5.82 Å². The van der Waals surface area contributed by atoms with Gasteiger partial charge in [-0.05, 0) is 52.3 Å². The molecule has 0 radical (unpaired) electrons. The number of ether oxygens (including phenoxy) is 1. The van der Waals surface area contributed by atoms with Gasteiger partial charge in [0, 0.05) is 16.2 Å². The summed E-state index contributed by atoms with van der Waals surface area (Å²) in [5.41, 5.74) is 0.189. The number of amides is 1. The molecule has 0 bridgehead atoms. The summed E-state index contributed by atoms with van der Waals surface area (Å²) >= 11 is 3.21. The molecule has 0 fully saturated rings. The van der Waals surface area contributed by atoms with Gasteiger partial charge in [-0.15, -0.1) is 13.2 Å². The summed E-state index contributed by atoms with van der Waals surface area (Å²) in [6, 6.07) is 7.88. The van der Waals surface area contributed by atoms with E-state index in [9.17, 15) is 18.0 Å². The summed E-state index contributed by atoms with van der Waals surface area (Å²) in [7, 11) is 0. The molecule has 0 unspecified atom stereocenters. The molecule has 110 valence electrons. The molecule has 0 saturated heterocycles. The zero-order valence-corrected chi connectivity index (χ0v) is 11.9. The fraction of sp³-hybridized carbons (Fsp3) is 0.0769. The third kappa shape index (κ3) is 4.75. The highest BCUT2D eigenvalue weighted by Gasteiger charge is 2.31. The lowest BCUT2D eigenvalue weighted by Gasteiger charge is -2.09. The Morgan fingerprint density at radius 2 is 1.81 bits per heavy atom. The van der Waals surface area contributed by atoms with E-state index in [0.717, 1.165) is 16.6 Å². The van der Waals surface area contributed by atoms with E-state index < -0.39 is 12.3 Å². The molecule has 1 aromatic heterocycles. The second-order valence-electron chi connectivity index (χ2n) is 3.89. The van der Waals surface area contributed by atoms with Gasteiger partial charge in [-0.1, -0.05) is 0 Å². The van der Waals surface area contributed by atoms with Crippen molar-refractivity contribution in [3.8, 4) is 5.75 Å². The largest absolute Gasteiger partial charge is 0.573 e. The molecule has 0 aliphatic heterocycles. The van der Waals surface area contributed by atoms with Crippen molar-refractivity contribution in [2.75, 3.05) is 5.32 Å². The number of hydrogen-bond acceptors (Lipinski definition) is 3. The van der Waals surface area contributed by atoms with E-state index in [1.807, 2.05) is 0 Å². The van der Waals surface area contributed by atoms with Gasteiger partial charge in [0.2, 0.25) is 0 Å². The number of aromatic nitrogens is 1. The van der Waals surface area contributed by atoms with Gasteiger partial charge in [0.25, 0.3) is 5.91 Å². The van der Waals surface area contributed by atoms with E-state index in [1.54, 1.807) is 12.1 Å². The van der Waals surface area contributed by atoms with Crippen LogP contribution in [0.4, 0.5) is 19.0 Å². The molecule has 21 heavy (non-hydrogen) atoms. The number of halogens is 4. The van der Waals surface area contributed by atoms with Crippen LogP contribution in [0.15, 0.2) is 47.1 Å². The summed E-state index contributed by atoms with van der Waals surface area (Å²) in [5, 5.41) is 2.52. The van der Waals surface area contributed by atoms with Gasteiger partial charge in [0.1, 0.15) is 11.6 Å². The first-order valence-electron chi connectivity index (χ1n) is 5.62. The molecule has 0 spiro atoms. The van der Waals surface area contributed by atoms with Crippen molar-refractivity contribution in [1.82, 2.24) is 4.98 Å². The smallest absolute Gasteiger partial charge is 0.406 e. The van der Waals surface area contributed by atoms with E-state index in [1.165, 1.54) is 18.3 Å². The van der Waals surface area contributed by atoms with Crippen LogP contribution in [-0.2, 0) is 0 Å². The summed E-state index contributed by atoms with van der Waals surface area (Å²) in [6.07, 6.45) is -3.25. The maximum atomic E-state index is 12.0. The summed E-state index contributed by atoms with van der Waals surface area (Å²) < 4.78 is 40.5.